The van der Waals surface area contributed by atoms with Gasteiger partial charge in [-0.3, -0.25) is 0 Å². The van der Waals surface area contributed by atoms with Crippen molar-refractivity contribution < 1.29 is 36.2 Å². The Hall–Kier alpha value is -3.05. The lowest BCUT2D eigenvalue weighted by Gasteiger charge is -2.29. The molecule has 0 aromatic heterocycles. The quantitative estimate of drug-likeness (QED) is 0.147. The fourth-order valence-corrected chi connectivity index (χ4v) is 5.10. The Labute approximate surface area is 246 Å². The van der Waals surface area contributed by atoms with Gasteiger partial charge in [0.1, 0.15) is 16.5 Å². The number of benzene rings is 4. The van der Waals surface area contributed by atoms with Gasteiger partial charge in [0.05, 0.1) is 16.7 Å². The highest BCUT2D eigenvalue weighted by molar-refractivity contribution is 8.00. The minimum Gasteiger partial charge on any atom is -0.456 e. The van der Waals surface area contributed by atoms with Crippen molar-refractivity contribution in [1.82, 2.24) is 0 Å². The Bertz CT molecular complexity index is 1500. The van der Waals surface area contributed by atoms with Crippen LogP contribution in [-0.2, 0) is 12.7 Å². The lowest BCUT2D eigenvalue weighted by molar-refractivity contribution is -0.139. The predicted molar refractivity (Wildman–Crippen MR) is 149 cm³/mol. The summed E-state index contributed by atoms with van der Waals surface area (Å²) in [6.45, 7) is -0.536. The first-order valence-corrected chi connectivity index (χ1v) is 13.5. The van der Waals surface area contributed by atoms with Gasteiger partial charge in [-0.2, -0.15) is 26.3 Å². The van der Waals surface area contributed by atoms with Crippen LogP contribution in [0.2, 0.25) is 10.0 Å². The lowest BCUT2D eigenvalue weighted by atomic mass is 10.0. The molecule has 1 atom stereocenters. The van der Waals surface area contributed by atoms with Crippen LogP contribution in [-0.4, -0.2) is 17.2 Å². The van der Waals surface area contributed by atoms with Gasteiger partial charge in [-0.25, -0.2) is 0 Å². The third-order valence-electron chi connectivity index (χ3n) is 5.90. The summed E-state index contributed by atoms with van der Waals surface area (Å²) in [5.74, 6) is 0.522. The van der Waals surface area contributed by atoms with E-state index in [4.69, 9.17) is 27.9 Å². The van der Waals surface area contributed by atoms with Crippen LogP contribution in [0.5, 0.6) is 11.5 Å². The summed E-state index contributed by atoms with van der Waals surface area (Å²) in [6, 6.07) is 21.6. The number of hydrogen-bond donors (Lipinski definition) is 1. The van der Waals surface area contributed by atoms with Crippen LogP contribution in [0.25, 0.3) is 0 Å². The van der Waals surface area contributed by atoms with Gasteiger partial charge < -0.3 is 14.7 Å². The number of aliphatic hydroxyl groups is 1. The number of anilines is 1. The molecule has 0 heterocycles. The molecule has 1 unspecified atom stereocenters. The topological polar surface area (TPSA) is 32.7 Å². The molecule has 0 bridgehead atoms. The molecule has 3 nitrogen and oxygen atoms in total. The van der Waals surface area contributed by atoms with Gasteiger partial charge in [-0.1, -0.05) is 71.7 Å². The SMILES string of the molecule is OC(CN(Cc1ccccc1SC(F)(F)F)c1cccc(Oc2cccc(Cl)c2Cl)c1)c1ccccc1C(F)(F)F. The second-order valence-electron chi connectivity index (χ2n) is 8.79. The standard InChI is InChI=1S/C29H21Cl2F6NO2S/c30-23-12-6-13-25(27(23)31)40-20-9-5-8-19(15-20)38(16-18-7-1-4-14-26(18)41-29(35,36)37)17-24(39)21-10-2-3-11-22(21)28(32,33)34/h1-15,24,39H,16-17H2. The fourth-order valence-electron chi connectivity index (χ4n) is 4.11. The van der Waals surface area contributed by atoms with Crippen molar-refractivity contribution in [3.05, 3.63) is 118 Å². The van der Waals surface area contributed by atoms with Gasteiger partial charge >= 0.3 is 11.7 Å². The summed E-state index contributed by atoms with van der Waals surface area (Å²) in [6.07, 6.45) is -6.36. The zero-order chi connectivity index (χ0) is 29.8. The van der Waals surface area contributed by atoms with Crippen molar-refractivity contribution >= 4 is 40.7 Å². The summed E-state index contributed by atoms with van der Waals surface area (Å²) in [4.78, 5) is 1.41. The fraction of sp³-hybridized carbons (Fsp3) is 0.172. The smallest absolute Gasteiger partial charge is 0.446 e. The zero-order valence-corrected chi connectivity index (χ0v) is 23.2. The third-order valence-corrected chi connectivity index (χ3v) is 7.56. The molecule has 4 rings (SSSR count). The van der Waals surface area contributed by atoms with Gasteiger partial charge in [0.25, 0.3) is 0 Å². The molecule has 4 aromatic carbocycles. The van der Waals surface area contributed by atoms with E-state index < -0.39 is 23.4 Å². The minimum absolute atomic E-state index is 0.0757. The van der Waals surface area contributed by atoms with Crippen LogP contribution in [0.3, 0.4) is 0 Å². The maximum atomic E-state index is 13.7. The first-order valence-electron chi connectivity index (χ1n) is 12.0. The Morgan fingerprint density at radius 3 is 2.24 bits per heavy atom. The molecule has 41 heavy (non-hydrogen) atoms. The molecule has 0 aliphatic rings. The monoisotopic (exact) mass is 631 g/mol. The number of nitrogens with zero attached hydrogens (tertiary/aromatic N) is 1. The van der Waals surface area contributed by atoms with Crippen LogP contribution in [0, 0.1) is 0 Å². The van der Waals surface area contributed by atoms with Crippen molar-refractivity contribution in [3.63, 3.8) is 0 Å². The molecule has 216 valence electrons. The second kappa shape index (κ2) is 12.9. The third kappa shape index (κ3) is 8.25. The van der Waals surface area contributed by atoms with Gasteiger partial charge in [0, 0.05) is 29.7 Å². The average Bonchev–Trinajstić information content (AvgIpc) is 2.91. The van der Waals surface area contributed by atoms with Crippen LogP contribution in [0.1, 0.15) is 22.8 Å². The van der Waals surface area contributed by atoms with Gasteiger partial charge in [-0.15, -0.1) is 0 Å². The molecule has 1 N–H and O–H groups in total. The minimum atomic E-state index is -4.72. The van der Waals surface area contributed by atoms with E-state index in [0.717, 1.165) is 6.07 Å². The molecule has 0 aliphatic heterocycles. The van der Waals surface area contributed by atoms with Crippen molar-refractivity contribution in [1.29, 1.82) is 0 Å². The van der Waals surface area contributed by atoms with Crippen molar-refractivity contribution in [3.8, 4) is 11.5 Å². The van der Waals surface area contributed by atoms with E-state index in [9.17, 15) is 31.4 Å². The van der Waals surface area contributed by atoms with Crippen LogP contribution < -0.4 is 9.64 Å². The number of ether oxygens (including phenoxy) is 1. The zero-order valence-electron chi connectivity index (χ0n) is 20.9. The molecule has 0 fully saturated rings. The molecular formula is C29H21Cl2F6NO2S. The molecule has 0 aliphatic carbocycles. The van der Waals surface area contributed by atoms with Crippen LogP contribution in [0.15, 0.2) is 95.9 Å². The normalized spacial score (nSPS) is 12.7. The highest BCUT2D eigenvalue weighted by Gasteiger charge is 2.35. The number of alkyl halides is 6. The maximum Gasteiger partial charge on any atom is 0.446 e. The van der Waals surface area contributed by atoms with E-state index in [1.807, 2.05) is 0 Å². The lowest BCUT2D eigenvalue weighted by Crippen LogP contribution is -2.29. The Kier molecular flexibility index (Phi) is 9.69. The van der Waals surface area contributed by atoms with Gasteiger partial charge in [0.15, 0.2) is 0 Å². The number of hydrogen-bond acceptors (Lipinski definition) is 4. The molecule has 0 spiro atoms. The van der Waals surface area contributed by atoms with Crippen molar-refractivity contribution in [2.24, 2.45) is 0 Å². The maximum absolute atomic E-state index is 13.7. The van der Waals surface area contributed by atoms with Crippen molar-refractivity contribution in [2.75, 3.05) is 11.4 Å². The number of rotatable bonds is 9. The average molecular weight is 632 g/mol. The molecule has 4 aromatic rings. The summed E-state index contributed by atoms with van der Waals surface area (Å²) in [5.41, 5.74) is -5.30. The van der Waals surface area contributed by atoms with Crippen LogP contribution >= 0.6 is 35.0 Å². The summed E-state index contributed by atoms with van der Waals surface area (Å²) in [5, 5.41) is 11.4. The number of halogens is 8. The van der Waals surface area contributed by atoms with Crippen LogP contribution in [0.4, 0.5) is 32.0 Å². The first kappa shape index (κ1) is 30.9. The largest absolute Gasteiger partial charge is 0.456 e. The second-order valence-corrected chi connectivity index (χ2v) is 10.7. The van der Waals surface area contributed by atoms with E-state index in [-0.39, 0.29) is 62.4 Å². The molecular weight excluding hydrogens is 611 g/mol. The highest BCUT2D eigenvalue weighted by Crippen LogP contribution is 2.41. The van der Waals surface area contributed by atoms with E-state index in [2.05, 4.69) is 0 Å². The molecule has 0 amide bonds. The Balaban J connectivity index is 1.72. The molecule has 0 radical (unpaired) electrons. The van der Waals surface area contributed by atoms with Gasteiger partial charge in [-0.05, 0) is 59.3 Å². The highest BCUT2D eigenvalue weighted by atomic mass is 35.5. The van der Waals surface area contributed by atoms with E-state index in [0.29, 0.717) is 5.69 Å². The predicted octanol–water partition coefficient (Wildman–Crippen LogP) is 10.2. The number of aliphatic hydroxyl groups excluding tert-OH is 1. The molecule has 12 heteroatoms. The number of thioether (sulfide) groups is 1. The van der Waals surface area contributed by atoms with E-state index in [1.165, 1.54) is 41.3 Å². The molecule has 0 saturated carbocycles. The molecule has 0 saturated heterocycles. The Morgan fingerprint density at radius 2 is 1.51 bits per heavy atom. The van der Waals surface area contributed by atoms with Crippen molar-refractivity contribution in [2.45, 2.75) is 29.2 Å². The first-order chi connectivity index (χ1) is 19.3. The summed E-state index contributed by atoms with van der Waals surface area (Å²) in [7, 11) is 0. The summed E-state index contributed by atoms with van der Waals surface area (Å²) < 4.78 is 86.7. The van der Waals surface area contributed by atoms with E-state index >= 15 is 0 Å². The van der Waals surface area contributed by atoms with E-state index in [1.54, 1.807) is 48.5 Å². The van der Waals surface area contributed by atoms with Gasteiger partial charge in [0.2, 0.25) is 0 Å². The summed E-state index contributed by atoms with van der Waals surface area (Å²) >= 11 is 12.0. The Morgan fingerprint density at radius 1 is 0.829 bits per heavy atom.